The van der Waals surface area contributed by atoms with Crippen LogP contribution in [0.1, 0.15) is 27.2 Å². The molecule has 3 aliphatic heterocycles. The van der Waals surface area contributed by atoms with Crippen LogP contribution in [-0.2, 0) is 14.0 Å². The Labute approximate surface area is 73.6 Å². The highest BCUT2D eigenvalue weighted by molar-refractivity contribution is 6.37. The molecule has 0 radical (unpaired) electrons. The average Bonchev–Trinajstić information content (AvgIpc) is 2.04. The van der Waals surface area contributed by atoms with Crippen LogP contribution in [0.5, 0.6) is 0 Å². The second kappa shape index (κ2) is 2.47. The van der Waals surface area contributed by atoms with Crippen LogP contribution in [0.2, 0.25) is 0 Å². The smallest absolute Gasteiger partial charge is 0.385 e. The minimum Gasteiger partial charge on any atom is -0.385 e. The monoisotopic (exact) mass is 170 g/mol. The Bertz CT molecular complexity index is 185. The Morgan fingerprint density at radius 1 is 1.25 bits per heavy atom. The lowest BCUT2D eigenvalue weighted by Gasteiger charge is -2.54. The molecule has 0 N–H and O–H groups in total. The molecule has 3 heterocycles. The first-order valence-corrected chi connectivity index (χ1v) is 4.51. The topological polar surface area (TPSA) is 27.7 Å². The molecule has 0 aromatic heterocycles. The third-order valence-electron chi connectivity index (χ3n) is 3.34. The van der Waals surface area contributed by atoms with E-state index in [1.165, 1.54) is 0 Å². The summed E-state index contributed by atoms with van der Waals surface area (Å²) in [5.74, 6) is 0. The molecule has 3 saturated heterocycles. The molecule has 0 atom stereocenters. The summed E-state index contributed by atoms with van der Waals surface area (Å²) in [6.07, 6.45) is 1.03. The van der Waals surface area contributed by atoms with Gasteiger partial charge in [-0.05, 0) is 20.3 Å². The van der Waals surface area contributed by atoms with Gasteiger partial charge in [0, 0.05) is 18.6 Å². The molecule has 0 aliphatic carbocycles. The van der Waals surface area contributed by atoms with E-state index >= 15 is 0 Å². The van der Waals surface area contributed by atoms with Crippen LogP contribution in [0, 0.1) is 5.41 Å². The molecule has 0 saturated carbocycles. The summed E-state index contributed by atoms with van der Waals surface area (Å²) in [5, 5.41) is 0. The molecule has 3 rings (SSSR count). The number of hydrogen-bond donors (Lipinski definition) is 0. The quantitative estimate of drug-likeness (QED) is 0.553. The van der Waals surface area contributed by atoms with E-state index in [0.29, 0.717) is 0 Å². The van der Waals surface area contributed by atoms with Crippen LogP contribution in [-0.4, -0.2) is 26.1 Å². The van der Waals surface area contributed by atoms with E-state index < -0.39 is 7.32 Å². The number of fused-ring (bicyclic) bond motifs is 3. The fourth-order valence-corrected chi connectivity index (χ4v) is 1.96. The van der Waals surface area contributed by atoms with Gasteiger partial charge in [0.05, 0.1) is 5.60 Å². The zero-order valence-corrected chi connectivity index (χ0v) is 7.92. The molecule has 4 heteroatoms. The molecular formula is C8H15BO3. The predicted octanol–water partition coefficient (Wildman–Crippen LogP) is 1.22. The Balaban J connectivity index is 2.27. The van der Waals surface area contributed by atoms with Crippen molar-refractivity contribution in [2.45, 2.75) is 32.8 Å². The number of rotatable bonds is 1. The second-order valence-corrected chi connectivity index (χ2v) is 4.17. The normalized spacial score (nSPS) is 30.8. The molecule has 0 aromatic rings. The molecule has 12 heavy (non-hydrogen) atoms. The highest BCUT2D eigenvalue weighted by Gasteiger charge is 2.57. The summed E-state index contributed by atoms with van der Waals surface area (Å²) in [5.41, 5.74) is -0.0509. The van der Waals surface area contributed by atoms with Crippen molar-refractivity contribution in [1.82, 2.24) is 0 Å². The Hall–Kier alpha value is -0.0551. The SMILES string of the molecule is CCC12COB(OC1)OC2(C)C. The van der Waals surface area contributed by atoms with Crippen molar-refractivity contribution < 1.29 is 14.0 Å². The first-order chi connectivity index (χ1) is 5.60. The molecule has 0 unspecified atom stereocenters. The fourth-order valence-electron chi connectivity index (χ4n) is 1.96. The zero-order chi connectivity index (χ0) is 8.82. The van der Waals surface area contributed by atoms with Gasteiger partial charge in [-0.2, -0.15) is 0 Å². The van der Waals surface area contributed by atoms with Gasteiger partial charge in [-0.1, -0.05) is 6.92 Å². The fraction of sp³-hybridized carbons (Fsp3) is 1.00. The van der Waals surface area contributed by atoms with Gasteiger partial charge in [0.2, 0.25) is 0 Å². The van der Waals surface area contributed by atoms with Gasteiger partial charge >= 0.3 is 7.32 Å². The van der Waals surface area contributed by atoms with E-state index in [2.05, 4.69) is 20.8 Å². The van der Waals surface area contributed by atoms with Gasteiger partial charge < -0.3 is 14.0 Å². The van der Waals surface area contributed by atoms with Crippen LogP contribution in [0.25, 0.3) is 0 Å². The van der Waals surface area contributed by atoms with Crippen LogP contribution in [0.3, 0.4) is 0 Å². The average molecular weight is 170 g/mol. The Kier molecular flexibility index (Phi) is 1.76. The lowest BCUT2D eigenvalue weighted by atomic mass is 9.68. The largest absolute Gasteiger partial charge is 0.639 e. The van der Waals surface area contributed by atoms with Gasteiger partial charge in [0.1, 0.15) is 0 Å². The zero-order valence-electron chi connectivity index (χ0n) is 7.92. The maximum Gasteiger partial charge on any atom is 0.639 e. The van der Waals surface area contributed by atoms with Crippen molar-refractivity contribution in [3.63, 3.8) is 0 Å². The van der Waals surface area contributed by atoms with Crippen LogP contribution in [0.4, 0.5) is 0 Å². The van der Waals surface area contributed by atoms with Crippen molar-refractivity contribution in [2.24, 2.45) is 5.41 Å². The maximum absolute atomic E-state index is 5.62. The van der Waals surface area contributed by atoms with E-state index in [9.17, 15) is 0 Å². The molecule has 3 fully saturated rings. The van der Waals surface area contributed by atoms with E-state index in [4.69, 9.17) is 14.0 Å². The third kappa shape index (κ3) is 0.950. The van der Waals surface area contributed by atoms with Crippen LogP contribution in [0.15, 0.2) is 0 Å². The van der Waals surface area contributed by atoms with Crippen molar-refractivity contribution in [3.8, 4) is 0 Å². The van der Waals surface area contributed by atoms with E-state index in [0.717, 1.165) is 19.6 Å². The minimum atomic E-state index is -0.423. The molecular weight excluding hydrogens is 155 g/mol. The third-order valence-corrected chi connectivity index (χ3v) is 3.34. The standard InChI is InChI=1S/C8H15BO3/c1-4-8-5-10-9(11-6-8)12-7(8,2)3/h4-6H2,1-3H3. The van der Waals surface area contributed by atoms with Crippen molar-refractivity contribution in [1.29, 1.82) is 0 Å². The van der Waals surface area contributed by atoms with Gasteiger partial charge in [0.25, 0.3) is 0 Å². The minimum absolute atomic E-state index is 0.0573. The molecule has 0 spiro atoms. The first-order valence-electron chi connectivity index (χ1n) is 4.51. The number of hydrogen-bond acceptors (Lipinski definition) is 3. The lowest BCUT2D eigenvalue weighted by Crippen LogP contribution is -2.65. The summed E-state index contributed by atoms with van der Waals surface area (Å²) in [6, 6.07) is 0. The lowest BCUT2D eigenvalue weighted by molar-refractivity contribution is -0.204. The maximum atomic E-state index is 5.62. The second-order valence-electron chi connectivity index (χ2n) is 4.17. The van der Waals surface area contributed by atoms with Crippen LogP contribution >= 0.6 is 0 Å². The van der Waals surface area contributed by atoms with E-state index in [1.54, 1.807) is 0 Å². The van der Waals surface area contributed by atoms with Crippen molar-refractivity contribution in [2.75, 3.05) is 13.2 Å². The van der Waals surface area contributed by atoms with Gasteiger partial charge in [-0.25, -0.2) is 0 Å². The first kappa shape index (κ1) is 8.54. The molecule has 3 nitrogen and oxygen atoms in total. The van der Waals surface area contributed by atoms with Crippen molar-refractivity contribution >= 4 is 7.32 Å². The summed E-state index contributed by atoms with van der Waals surface area (Å²) in [6.45, 7) is 7.93. The van der Waals surface area contributed by atoms with E-state index in [-0.39, 0.29) is 11.0 Å². The molecule has 0 aromatic carbocycles. The predicted molar refractivity (Wildman–Crippen MR) is 45.5 cm³/mol. The highest BCUT2D eigenvalue weighted by Crippen LogP contribution is 2.45. The highest BCUT2D eigenvalue weighted by atomic mass is 16.8. The van der Waals surface area contributed by atoms with Crippen molar-refractivity contribution in [3.05, 3.63) is 0 Å². The van der Waals surface area contributed by atoms with Gasteiger partial charge in [-0.15, -0.1) is 0 Å². The molecule has 2 bridgehead atoms. The summed E-state index contributed by atoms with van der Waals surface area (Å²) in [7, 11) is -0.423. The Morgan fingerprint density at radius 3 is 2.17 bits per heavy atom. The molecule has 68 valence electrons. The van der Waals surface area contributed by atoms with Gasteiger partial charge in [-0.3, -0.25) is 0 Å². The molecule has 0 amide bonds. The Morgan fingerprint density at radius 2 is 1.83 bits per heavy atom. The molecule has 3 aliphatic rings. The summed E-state index contributed by atoms with van der Waals surface area (Å²) < 4.78 is 16.3. The van der Waals surface area contributed by atoms with E-state index in [1.807, 2.05) is 0 Å². The summed E-state index contributed by atoms with van der Waals surface area (Å²) >= 11 is 0. The van der Waals surface area contributed by atoms with Gasteiger partial charge in [0.15, 0.2) is 0 Å². The van der Waals surface area contributed by atoms with Crippen LogP contribution < -0.4 is 0 Å². The summed E-state index contributed by atoms with van der Waals surface area (Å²) in [4.78, 5) is 0.